The van der Waals surface area contributed by atoms with Gasteiger partial charge in [0.15, 0.2) is 17.4 Å². The Bertz CT molecular complexity index is 1300. The lowest BCUT2D eigenvalue weighted by Gasteiger charge is -2.28. The summed E-state index contributed by atoms with van der Waals surface area (Å²) in [5, 5.41) is 2.89. The van der Waals surface area contributed by atoms with Crippen LogP contribution in [0.1, 0.15) is 6.92 Å². The van der Waals surface area contributed by atoms with Crippen molar-refractivity contribution in [3.8, 4) is 17.2 Å². The molecule has 1 unspecified atom stereocenters. The van der Waals surface area contributed by atoms with Crippen LogP contribution in [0.15, 0.2) is 60.7 Å². The first-order valence-corrected chi connectivity index (χ1v) is 12.1. The maximum atomic E-state index is 13.8. The molecule has 0 aliphatic carbocycles. The number of hydrogen-bond acceptors (Lipinski definition) is 5. The molecule has 1 N–H and O–H groups in total. The SMILES string of the molecule is COc1ccc(Oc2ccc(Cl)cc2NC(=O)C(C)N(c2ccc(F)c(F)c2)S(C)(=O)=O)cc1. The predicted molar refractivity (Wildman–Crippen MR) is 126 cm³/mol. The lowest BCUT2D eigenvalue weighted by atomic mass is 10.2. The highest BCUT2D eigenvalue weighted by atomic mass is 35.5. The molecule has 1 amide bonds. The summed E-state index contributed by atoms with van der Waals surface area (Å²) in [4.78, 5) is 13.0. The van der Waals surface area contributed by atoms with Crippen LogP contribution in [0.3, 0.4) is 0 Å². The monoisotopic (exact) mass is 510 g/mol. The molecule has 0 saturated carbocycles. The number of nitrogens with zero attached hydrogens (tertiary/aromatic N) is 1. The van der Waals surface area contributed by atoms with Crippen molar-refractivity contribution in [1.29, 1.82) is 0 Å². The molecule has 3 aromatic carbocycles. The molecule has 0 aliphatic rings. The smallest absolute Gasteiger partial charge is 0.248 e. The Morgan fingerprint density at radius 3 is 2.24 bits per heavy atom. The molecule has 0 heterocycles. The van der Waals surface area contributed by atoms with Gasteiger partial charge >= 0.3 is 0 Å². The number of benzene rings is 3. The first-order chi connectivity index (χ1) is 16.0. The number of hydrogen-bond donors (Lipinski definition) is 1. The van der Waals surface area contributed by atoms with Crippen molar-refractivity contribution in [2.75, 3.05) is 23.0 Å². The normalized spacial score (nSPS) is 12.1. The fourth-order valence-electron chi connectivity index (χ4n) is 3.13. The van der Waals surface area contributed by atoms with Crippen LogP contribution in [0.2, 0.25) is 5.02 Å². The van der Waals surface area contributed by atoms with E-state index >= 15 is 0 Å². The van der Waals surface area contributed by atoms with Crippen molar-refractivity contribution in [3.05, 3.63) is 77.3 Å². The van der Waals surface area contributed by atoms with Gasteiger partial charge in [-0.25, -0.2) is 17.2 Å². The molecule has 3 aromatic rings. The van der Waals surface area contributed by atoms with Gasteiger partial charge < -0.3 is 14.8 Å². The van der Waals surface area contributed by atoms with Gasteiger partial charge in [0.25, 0.3) is 0 Å². The van der Waals surface area contributed by atoms with Crippen molar-refractivity contribution in [3.63, 3.8) is 0 Å². The van der Waals surface area contributed by atoms with Crippen LogP contribution < -0.4 is 19.1 Å². The lowest BCUT2D eigenvalue weighted by Crippen LogP contribution is -2.45. The largest absolute Gasteiger partial charge is 0.497 e. The summed E-state index contributed by atoms with van der Waals surface area (Å²) in [6.07, 6.45) is 0.857. The van der Waals surface area contributed by atoms with Crippen LogP contribution in [0.25, 0.3) is 0 Å². The Hall–Kier alpha value is -3.37. The molecule has 180 valence electrons. The number of nitrogens with one attached hydrogen (secondary N) is 1. The highest BCUT2D eigenvalue weighted by Crippen LogP contribution is 2.33. The van der Waals surface area contributed by atoms with Crippen LogP contribution in [0.4, 0.5) is 20.2 Å². The number of ether oxygens (including phenoxy) is 2. The van der Waals surface area contributed by atoms with Gasteiger partial charge in [-0.3, -0.25) is 9.10 Å². The second kappa shape index (κ2) is 10.3. The van der Waals surface area contributed by atoms with Crippen LogP contribution in [0, 0.1) is 11.6 Å². The van der Waals surface area contributed by atoms with Gasteiger partial charge in [0.1, 0.15) is 17.5 Å². The summed E-state index contributed by atoms with van der Waals surface area (Å²) in [6.45, 7) is 1.31. The van der Waals surface area contributed by atoms with Crippen LogP contribution in [-0.2, 0) is 14.8 Å². The molecule has 0 radical (unpaired) electrons. The Balaban J connectivity index is 1.89. The number of methoxy groups -OCH3 is 1. The standard InChI is InChI=1S/C23H21ClF2N2O5S/c1-14(28(34(3,30)31)16-5-10-19(25)20(26)13-16)23(29)27-21-12-15(24)4-11-22(21)33-18-8-6-17(32-2)7-9-18/h4-14H,1-3H3,(H,27,29). The summed E-state index contributed by atoms with van der Waals surface area (Å²) >= 11 is 6.08. The average molecular weight is 511 g/mol. The number of rotatable bonds is 8. The first kappa shape index (κ1) is 25.3. The third-order valence-corrected chi connectivity index (χ3v) is 6.21. The maximum Gasteiger partial charge on any atom is 0.248 e. The highest BCUT2D eigenvalue weighted by molar-refractivity contribution is 7.92. The van der Waals surface area contributed by atoms with E-state index in [1.165, 1.54) is 26.2 Å². The van der Waals surface area contributed by atoms with E-state index in [9.17, 15) is 22.0 Å². The minimum absolute atomic E-state index is 0.180. The molecule has 0 spiro atoms. The number of anilines is 2. The fourth-order valence-corrected chi connectivity index (χ4v) is 4.47. The van der Waals surface area contributed by atoms with Crippen LogP contribution >= 0.6 is 11.6 Å². The summed E-state index contributed by atoms with van der Waals surface area (Å²) in [5.74, 6) is -1.82. The van der Waals surface area contributed by atoms with Gasteiger partial charge in [-0.2, -0.15) is 0 Å². The molecule has 0 bridgehead atoms. The minimum atomic E-state index is -4.04. The molecule has 0 saturated heterocycles. The number of sulfonamides is 1. The van der Waals surface area contributed by atoms with Gasteiger partial charge in [0, 0.05) is 11.1 Å². The van der Waals surface area contributed by atoms with E-state index in [0.29, 0.717) is 26.9 Å². The van der Waals surface area contributed by atoms with E-state index in [1.54, 1.807) is 30.3 Å². The minimum Gasteiger partial charge on any atom is -0.497 e. The molecule has 11 heteroatoms. The molecule has 0 aliphatic heterocycles. The second-order valence-electron chi connectivity index (χ2n) is 7.24. The summed E-state index contributed by atoms with van der Waals surface area (Å²) in [5.41, 5.74) is -0.0243. The quantitative estimate of drug-likeness (QED) is 0.449. The van der Waals surface area contributed by atoms with Gasteiger partial charge in [0.2, 0.25) is 15.9 Å². The molecule has 7 nitrogen and oxygen atoms in total. The van der Waals surface area contributed by atoms with Crippen molar-refractivity contribution in [1.82, 2.24) is 0 Å². The Morgan fingerprint density at radius 1 is 1.00 bits per heavy atom. The van der Waals surface area contributed by atoms with E-state index < -0.39 is 33.6 Å². The van der Waals surface area contributed by atoms with E-state index in [0.717, 1.165) is 18.4 Å². The van der Waals surface area contributed by atoms with Crippen LogP contribution in [-0.4, -0.2) is 33.7 Å². The second-order valence-corrected chi connectivity index (χ2v) is 9.54. The molecule has 3 rings (SSSR count). The van der Waals surface area contributed by atoms with Crippen molar-refractivity contribution >= 4 is 38.9 Å². The fraction of sp³-hybridized carbons (Fsp3) is 0.174. The topological polar surface area (TPSA) is 84.9 Å². The lowest BCUT2D eigenvalue weighted by molar-refractivity contribution is -0.116. The molecular weight excluding hydrogens is 490 g/mol. The molecule has 0 aromatic heterocycles. The third kappa shape index (κ3) is 5.95. The van der Waals surface area contributed by atoms with Crippen molar-refractivity contribution in [2.24, 2.45) is 0 Å². The molecule has 1 atom stereocenters. The van der Waals surface area contributed by atoms with E-state index in [2.05, 4.69) is 5.32 Å². The first-order valence-electron chi connectivity index (χ1n) is 9.86. The Kier molecular flexibility index (Phi) is 7.63. The average Bonchev–Trinajstić information content (AvgIpc) is 2.77. The number of carbonyl (C=O) groups is 1. The molecule has 0 fully saturated rings. The maximum absolute atomic E-state index is 13.8. The number of carbonyl (C=O) groups excluding carboxylic acids is 1. The Labute approximate surface area is 200 Å². The summed E-state index contributed by atoms with van der Waals surface area (Å²) < 4.78 is 63.6. The van der Waals surface area contributed by atoms with Crippen LogP contribution in [0.5, 0.6) is 17.2 Å². The zero-order valence-electron chi connectivity index (χ0n) is 18.4. The summed E-state index contributed by atoms with van der Waals surface area (Å²) in [7, 11) is -2.51. The zero-order valence-corrected chi connectivity index (χ0v) is 20.0. The van der Waals surface area contributed by atoms with E-state index in [-0.39, 0.29) is 17.1 Å². The number of halogens is 3. The van der Waals surface area contributed by atoms with Crippen molar-refractivity contribution in [2.45, 2.75) is 13.0 Å². The van der Waals surface area contributed by atoms with E-state index in [4.69, 9.17) is 21.1 Å². The van der Waals surface area contributed by atoms with Gasteiger partial charge in [-0.15, -0.1) is 0 Å². The Morgan fingerprint density at radius 2 is 1.65 bits per heavy atom. The van der Waals surface area contributed by atoms with Gasteiger partial charge in [0.05, 0.1) is 24.7 Å². The third-order valence-electron chi connectivity index (χ3n) is 4.73. The van der Waals surface area contributed by atoms with Crippen molar-refractivity contribution < 1.29 is 31.5 Å². The predicted octanol–water partition coefficient (Wildman–Crippen LogP) is 5.21. The van der Waals surface area contributed by atoms with Gasteiger partial charge in [-0.1, -0.05) is 11.6 Å². The number of amides is 1. The highest BCUT2D eigenvalue weighted by Gasteiger charge is 2.30. The van der Waals surface area contributed by atoms with E-state index in [1.807, 2.05) is 0 Å². The zero-order chi connectivity index (χ0) is 25.0. The van der Waals surface area contributed by atoms with Gasteiger partial charge in [-0.05, 0) is 61.5 Å². The summed E-state index contributed by atoms with van der Waals surface area (Å²) in [6, 6.07) is 12.5. The molecule has 34 heavy (non-hydrogen) atoms. The molecular formula is C23H21ClF2N2O5S.